The number of para-hydroxylation sites is 1. The second-order valence-electron chi connectivity index (χ2n) is 5.50. The van der Waals surface area contributed by atoms with Crippen LogP contribution in [0.3, 0.4) is 0 Å². The Bertz CT molecular complexity index is 923. The highest BCUT2D eigenvalue weighted by atomic mass is 31.2. The lowest BCUT2D eigenvalue weighted by Gasteiger charge is -2.12. The van der Waals surface area contributed by atoms with Gasteiger partial charge in [0.1, 0.15) is 17.6 Å². The number of anilines is 1. The van der Waals surface area contributed by atoms with E-state index in [1.165, 1.54) is 6.33 Å². The van der Waals surface area contributed by atoms with E-state index in [0.29, 0.717) is 47.9 Å². The van der Waals surface area contributed by atoms with E-state index in [1.807, 2.05) is 4.57 Å². The minimum Gasteiger partial charge on any atom is -0.493 e. The zero-order valence-corrected chi connectivity index (χ0v) is 14.2. The average Bonchev–Trinajstić information content (AvgIpc) is 2.96. The summed E-state index contributed by atoms with van der Waals surface area (Å²) in [5.74, 6) is 0.819. The molecule has 132 valence electrons. The van der Waals surface area contributed by atoms with Crippen molar-refractivity contribution in [2.75, 3.05) is 12.3 Å². The third-order valence-corrected chi connectivity index (χ3v) is 4.33. The van der Waals surface area contributed by atoms with Crippen LogP contribution in [-0.4, -0.2) is 35.9 Å². The molecule has 0 spiro atoms. The van der Waals surface area contributed by atoms with Crippen molar-refractivity contribution in [2.24, 2.45) is 0 Å². The standard InChI is InChI=1S/C15H18N5O4P/c16-14-13-15(18-9-17-14)20(10-19-13)6-3-7-24-12-5-2-1-4-11(12)8-25(21,22)23/h1-2,4-5,9-10H,3,6-8H2,(H2,16,17,18)(H2,21,22,23). The van der Waals surface area contributed by atoms with Crippen LogP contribution in [0.5, 0.6) is 5.75 Å². The molecule has 25 heavy (non-hydrogen) atoms. The van der Waals surface area contributed by atoms with Crippen molar-refractivity contribution in [3.63, 3.8) is 0 Å². The molecule has 0 aliphatic heterocycles. The monoisotopic (exact) mass is 363 g/mol. The van der Waals surface area contributed by atoms with E-state index in [0.717, 1.165) is 0 Å². The van der Waals surface area contributed by atoms with E-state index in [1.54, 1.807) is 30.6 Å². The highest BCUT2D eigenvalue weighted by Gasteiger charge is 2.17. The highest BCUT2D eigenvalue weighted by Crippen LogP contribution is 2.41. The predicted octanol–water partition coefficient (Wildman–Crippen LogP) is 1.56. The van der Waals surface area contributed by atoms with Gasteiger partial charge in [0.05, 0.1) is 19.1 Å². The molecular formula is C15H18N5O4P. The van der Waals surface area contributed by atoms with Crippen molar-refractivity contribution in [3.05, 3.63) is 42.5 Å². The number of nitrogens with two attached hydrogens (primary N) is 1. The van der Waals surface area contributed by atoms with Gasteiger partial charge in [0.15, 0.2) is 11.5 Å². The van der Waals surface area contributed by atoms with Gasteiger partial charge in [0.25, 0.3) is 0 Å². The van der Waals surface area contributed by atoms with Crippen LogP contribution in [0, 0.1) is 0 Å². The number of aryl methyl sites for hydroxylation is 1. The Morgan fingerprint density at radius 2 is 2.00 bits per heavy atom. The summed E-state index contributed by atoms with van der Waals surface area (Å²) in [5.41, 5.74) is 7.47. The number of hydrogen-bond acceptors (Lipinski definition) is 6. The maximum absolute atomic E-state index is 11.2. The van der Waals surface area contributed by atoms with Crippen LogP contribution in [0.1, 0.15) is 12.0 Å². The largest absolute Gasteiger partial charge is 0.493 e. The number of nitrogen functional groups attached to an aromatic ring is 1. The molecule has 3 rings (SSSR count). The first-order valence-corrected chi connectivity index (χ1v) is 9.40. The van der Waals surface area contributed by atoms with Crippen LogP contribution in [0.4, 0.5) is 5.82 Å². The normalized spacial score (nSPS) is 11.8. The minimum atomic E-state index is -4.14. The summed E-state index contributed by atoms with van der Waals surface area (Å²) >= 11 is 0. The molecule has 0 bridgehead atoms. The van der Waals surface area contributed by atoms with Gasteiger partial charge in [0, 0.05) is 12.1 Å². The predicted molar refractivity (Wildman–Crippen MR) is 92.0 cm³/mol. The maximum atomic E-state index is 11.2. The molecule has 3 aromatic rings. The second kappa shape index (κ2) is 7.18. The summed E-state index contributed by atoms with van der Waals surface area (Å²) in [4.78, 5) is 30.5. The number of fused-ring (bicyclic) bond motifs is 1. The molecule has 2 heterocycles. The molecule has 0 unspecified atom stereocenters. The molecule has 10 heteroatoms. The second-order valence-corrected chi connectivity index (χ2v) is 7.15. The summed E-state index contributed by atoms with van der Waals surface area (Å²) in [5, 5.41) is 0. The number of rotatable bonds is 7. The van der Waals surface area contributed by atoms with Gasteiger partial charge in [-0.05, 0) is 12.5 Å². The minimum absolute atomic E-state index is 0.339. The number of imidazole rings is 1. The van der Waals surface area contributed by atoms with Crippen LogP contribution in [0.15, 0.2) is 36.9 Å². The number of aromatic nitrogens is 4. The summed E-state index contributed by atoms with van der Waals surface area (Å²) in [6, 6.07) is 6.84. The molecule has 1 aromatic carbocycles. The van der Waals surface area contributed by atoms with E-state index in [4.69, 9.17) is 20.3 Å². The molecule has 0 fully saturated rings. The van der Waals surface area contributed by atoms with Crippen molar-refractivity contribution in [1.29, 1.82) is 0 Å². The Labute approximate surface area is 143 Å². The Balaban J connectivity index is 1.60. The lowest BCUT2D eigenvalue weighted by atomic mass is 10.2. The van der Waals surface area contributed by atoms with Gasteiger partial charge < -0.3 is 24.8 Å². The smallest absolute Gasteiger partial charge is 0.330 e. The van der Waals surface area contributed by atoms with E-state index in [2.05, 4.69) is 15.0 Å². The molecule has 0 saturated carbocycles. The van der Waals surface area contributed by atoms with Crippen LogP contribution in [0.25, 0.3) is 11.2 Å². The number of hydrogen-bond donors (Lipinski definition) is 3. The molecule has 0 atom stereocenters. The summed E-state index contributed by atoms with van der Waals surface area (Å²) in [6.45, 7) is 1.01. The van der Waals surface area contributed by atoms with E-state index in [-0.39, 0.29) is 6.16 Å². The zero-order valence-electron chi connectivity index (χ0n) is 13.3. The van der Waals surface area contributed by atoms with Crippen molar-refractivity contribution in [2.45, 2.75) is 19.1 Å². The Hall–Kier alpha value is -2.48. The Morgan fingerprint density at radius 1 is 1.20 bits per heavy atom. The van der Waals surface area contributed by atoms with Crippen molar-refractivity contribution in [1.82, 2.24) is 19.5 Å². The van der Waals surface area contributed by atoms with Crippen molar-refractivity contribution >= 4 is 24.6 Å². The first-order chi connectivity index (χ1) is 11.9. The van der Waals surface area contributed by atoms with Gasteiger partial charge in [-0.25, -0.2) is 15.0 Å². The fourth-order valence-electron chi connectivity index (χ4n) is 2.48. The molecule has 0 amide bonds. The quantitative estimate of drug-likeness (QED) is 0.425. The van der Waals surface area contributed by atoms with Crippen molar-refractivity contribution in [3.8, 4) is 5.75 Å². The van der Waals surface area contributed by atoms with Gasteiger partial charge in [-0.15, -0.1) is 0 Å². The van der Waals surface area contributed by atoms with Gasteiger partial charge in [0.2, 0.25) is 0 Å². The van der Waals surface area contributed by atoms with E-state index < -0.39 is 7.60 Å². The lowest BCUT2D eigenvalue weighted by molar-refractivity contribution is 0.299. The lowest BCUT2D eigenvalue weighted by Crippen LogP contribution is -2.06. The number of nitrogens with zero attached hydrogens (tertiary/aromatic N) is 4. The SMILES string of the molecule is Nc1ncnc2c1ncn2CCCOc1ccccc1CP(=O)(O)O. The van der Waals surface area contributed by atoms with Gasteiger partial charge in [-0.3, -0.25) is 4.57 Å². The molecule has 0 radical (unpaired) electrons. The highest BCUT2D eigenvalue weighted by molar-refractivity contribution is 7.50. The fourth-order valence-corrected chi connectivity index (χ4v) is 3.18. The third-order valence-electron chi connectivity index (χ3n) is 3.58. The summed E-state index contributed by atoms with van der Waals surface area (Å²) in [6.07, 6.45) is 3.37. The van der Waals surface area contributed by atoms with Crippen LogP contribution in [0.2, 0.25) is 0 Å². The topological polar surface area (TPSA) is 136 Å². The number of ether oxygens (including phenoxy) is 1. The van der Waals surface area contributed by atoms with Crippen molar-refractivity contribution < 1.29 is 19.1 Å². The van der Waals surface area contributed by atoms with E-state index in [9.17, 15) is 4.57 Å². The molecule has 0 aliphatic carbocycles. The zero-order chi connectivity index (χ0) is 17.9. The molecule has 0 aliphatic rings. The van der Waals surface area contributed by atoms with Crippen LogP contribution >= 0.6 is 7.60 Å². The Morgan fingerprint density at radius 3 is 2.80 bits per heavy atom. The van der Waals surface area contributed by atoms with Gasteiger partial charge in [-0.2, -0.15) is 0 Å². The molecule has 4 N–H and O–H groups in total. The average molecular weight is 363 g/mol. The molecular weight excluding hydrogens is 345 g/mol. The van der Waals surface area contributed by atoms with Crippen LogP contribution in [-0.2, 0) is 17.3 Å². The van der Waals surface area contributed by atoms with E-state index >= 15 is 0 Å². The molecule has 9 nitrogen and oxygen atoms in total. The fraction of sp³-hybridized carbons (Fsp3) is 0.267. The Kier molecular flexibility index (Phi) is 4.98. The maximum Gasteiger partial charge on any atom is 0.330 e. The first-order valence-electron chi connectivity index (χ1n) is 7.60. The molecule has 2 aromatic heterocycles. The summed E-state index contributed by atoms with van der Waals surface area (Å²) < 4.78 is 18.7. The third kappa shape index (κ3) is 4.33. The van der Waals surface area contributed by atoms with Gasteiger partial charge in [-0.1, -0.05) is 18.2 Å². The summed E-state index contributed by atoms with van der Waals surface area (Å²) in [7, 11) is -4.14. The first kappa shape index (κ1) is 17.3. The van der Waals surface area contributed by atoms with Crippen LogP contribution < -0.4 is 10.5 Å². The molecule has 0 saturated heterocycles. The number of benzene rings is 1. The van der Waals surface area contributed by atoms with Gasteiger partial charge >= 0.3 is 7.60 Å².